The van der Waals surface area contributed by atoms with Crippen LogP contribution in [-0.2, 0) is 14.6 Å². The summed E-state index contributed by atoms with van der Waals surface area (Å²) in [5.74, 6) is 0.146. The van der Waals surface area contributed by atoms with E-state index in [1.54, 1.807) is 0 Å². The van der Waals surface area contributed by atoms with E-state index in [1.807, 2.05) is 24.3 Å². The number of carbonyl (C=O) groups is 1. The van der Waals surface area contributed by atoms with Crippen LogP contribution in [0.5, 0.6) is 0 Å². The van der Waals surface area contributed by atoms with Crippen LogP contribution in [0.3, 0.4) is 0 Å². The van der Waals surface area contributed by atoms with E-state index < -0.39 is 9.84 Å². The number of nitrogens with zero attached hydrogens (tertiary/aromatic N) is 1. The van der Waals surface area contributed by atoms with E-state index in [0.29, 0.717) is 6.42 Å². The Bertz CT molecular complexity index is 669. The summed E-state index contributed by atoms with van der Waals surface area (Å²) in [7, 11) is -2.99. The molecule has 0 aromatic heterocycles. The Labute approximate surface area is 145 Å². The molecule has 1 aromatic carbocycles. The molecule has 0 aliphatic carbocycles. The molecule has 1 N–H and O–H groups in total. The van der Waals surface area contributed by atoms with Crippen molar-refractivity contribution < 1.29 is 13.2 Å². The van der Waals surface area contributed by atoms with Crippen LogP contribution in [0.4, 0.5) is 0 Å². The third-order valence-electron chi connectivity index (χ3n) is 4.52. The van der Waals surface area contributed by atoms with Gasteiger partial charge in [0.25, 0.3) is 0 Å². The number of amides is 1. The first kappa shape index (κ1) is 16.9. The van der Waals surface area contributed by atoms with Crippen molar-refractivity contribution in [3.05, 3.63) is 34.3 Å². The molecule has 2 fully saturated rings. The minimum absolute atomic E-state index is 0.0613. The minimum Gasteiger partial charge on any atom is -0.351 e. The van der Waals surface area contributed by atoms with Gasteiger partial charge in [0, 0.05) is 10.5 Å². The highest BCUT2D eigenvalue weighted by Gasteiger charge is 2.34. The fourth-order valence-electron chi connectivity index (χ4n) is 3.36. The van der Waals surface area contributed by atoms with Gasteiger partial charge < -0.3 is 5.32 Å². The van der Waals surface area contributed by atoms with E-state index in [-0.39, 0.29) is 29.5 Å². The first-order valence-electron chi connectivity index (χ1n) is 7.95. The normalized spacial score (nSPS) is 25.3. The Morgan fingerprint density at radius 3 is 2.43 bits per heavy atom. The van der Waals surface area contributed by atoms with Crippen LogP contribution < -0.4 is 5.32 Å². The third kappa shape index (κ3) is 4.14. The van der Waals surface area contributed by atoms with Gasteiger partial charge in [-0.15, -0.1) is 0 Å². The molecule has 2 aliphatic heterocycles. The van der Waals surface area contributed by atoms with Gasteiger partial charge in [-0.3, -0.25) is 9.69 Å². The van der Waals surface area contributed by atoms with Gasteiger partial charge in [0.15, 0.2) is 9.84 Å². The maximum atomic E-state index is 12.8. The summed E-state index contributed by atoms with van der Waals surface area (Å²) in [6.07, 6.45) is 2.71. The summed E-state index contributed by atoms with van der Waals surface area (Å²) in [5.41, 5.74) is 0.952. The average Bonchev–Trinajstić information content (AvgIpc) is 3.11. The number of likely N-dealkylation sites (tertiary alicyclic amines) is 1. The molecule has 126 valence electrons. The van der Waals surface area contributed by atoms with Crippen molar-refractivity contribution in [1.82, 2.24) is 10.2 Å². The van der Waals surface area contributed by atoms with Crippen LogP contribution >= 0.6 is 15.9 Å². The summed E-state index contributed by atoms with van der Waals surface area (Å²) in [6, 6.07) is 7.19. The summed E-state index contributed by atoms with van der Waals surface area (Å²) >= 11 is 3.42. The molecule has 1 aromatic rings. The Kier molecular flexibility index (Phi) is 5.08. The van der Waals surface area contributed by atoms with E-state index in [9.17, 15) is 13.2 Å². The van der Waals surface area contributed by atoms with Crippen molar-refractivity contribution in [2.45, 2.75) is 31.3 Å². The molecule has 2 saturated heterocycles. The van der Waals surface area contributed by atoms with Gasteiger partial charge in [-0.25, -0.2) is 8.42 Å². The number of hydrogen-bond acceptors (Lipinski definition) is 4. The van der Waals surface area contributed by atoms with Crippen molar-refractivity contribution in [3.8, 4) is 0 Å². The second-order valence-corrected chi connectivity index (χ2v) is 9.45. The fraction of sp³-hybridized carbons (Fsp3) is 0.562. The molecule has 2 atom stereocenters. The predicted molar refractivity (Wildman–Crippen MR) is 92.9 cm³/mol. The molecule has 5 nitrogen and oxygen atoms in total. The zero-order valence-corrected chi connectivity index (χ0v) is 15.3. The van der Waals surface area contributed by atoms with Crippen molar-refractivity contribution in [1.29, 1.82) is 0 Å². The molecule has 0 bridgehead atoms. The Balaban J connectivity index is 1.77. The highest BCUT2D eigenvalue weighted by molar-refractivity contribution is 9.10. The van der Waals surface area contributed by atoms with Crippen molar-refractivity contribution >= 4 is 31.7 Å². The number of hydrogen-bond donors (Lipinski definition) is 1. The van der Waals surface area contributed by atoms with Gasteiger partial charge in [-0.2, -0.15) is 0 Å². The molecular formula is C16H21BrN2O3S. The third-order valence-corrected chi connectivity index (χ3v) is 6.82. The van der Waals surface area contributed by atoms with Gasteiger partial charge in [0.05, 0.1) is 11.5 Å². The number of benzene rings is 1. The summed E-state index contributed by atoms with van der Waals surface area (Å²) < 4.78 is 24.2. The van der Waals surface area contributed by atoms with Crippen molar-refractivity contribution in [3.63, 3.8) is 0 Å². The Morgan fingerprint density at radius 2 is 1.87 bits per heavy atom. The maximum absolute atomic E-state index is 12.8. The minimum atomic E-state index is -2.99. The monoisotopic (exact) mass is 400 g/mol. The standard InChI is InChI=1S/C16H21BrN2O3S/c17-13-5-3-12(4-6-13)15(19-8-1-2-9-19)16(20)18-14-7-10-23(21,22)11-14/h3-6,14-15H,1-2,7-11H2,(H,18,20)/t14-,15-/m1/s1. The van der Waals surface area contributed by atoms with Crippen LogP contribution in [-0.4, -0.2) is 49.9 Å². The van der Waals surface area contributed by atoms with Gasteiger partial charge in [0.2, 0.25) is 5.91 Å². The summed E-state index contributed by atoms with van der Waals surface area (Å²) in [4.78, 5) is 15.0. The average molecular weight is 401 g/mol. The van der Waals surface area contributed by atoms with Gasteiger partial charge in [-0.05, 0) is 50.0 Å². The molecule has 0 spiro atoms. The topological polar surface area (TPSA) is 66.5 Å². The summed E-state index contributed by atoms with van der Waals surface area (Å²) in [6.45, 7) is 1.80. The van der Waals surface area contributed by atoms with Gasteiger partial charge in [-0.1, -0.05) is 28.1 Å². The molecular weight excluding hydrogens is 380 g/mol. The molecule has 23 heavy (non-hydrogen) atoms. The number of rotatable bonds is 4. The second-order valence-electron chi connectivity index (χ2n) is 6.31. The highest BCUT2D eigenvalue weighted by Crippen LogP contribution is 2.27. The van der Waals surface area contributed by atoms with E-state index >= 15 is 0 Å². The first-order chi connectivity index (χ1) is 10.9. The lowest BCUT2D eigenvalue weighted by Crippen LogP contribution is -2.44. The van der Waals surface area contributed by atoms with E-state index in [1.165, 1.54) is 0 Å². The van der Waals surface area contributed by atoms with Crippen LogP contribution in [0.1, 0.15) is 30.9 Å². The molecule has 2 heterocycles. The quantitative estimate of drug-likeness (QED) is 0.837. The van der Waals surface area contributed by atoms with Crippen LogP contribution in [0.15, 0.2) is 28.7 Å². The number of nitrogens with one attached hydrogen (secondary N) is 1. The molecule has 2 aliphatic rings. The molecule has 7 heteroatoms. The second kappa shape index (κ2) is 6.91. The van der Waals surface area contributed by atoms with E-state index in [2.05, 4.69) is 26.1 Å². The van der Waals surface area contributed by atoms with E-state index in [4.69, 9.17) is 0 Å². The van der Waals surface area contributed by atoms with E-state index in [0.717, 1.165) is 36.0 Å². The largest absolute Gasteiger partial charge is 0.351 e. The molecule has 0 saturated carbocycles. The summed E-state index contributed by atoms with van der Waals surface area (Å²) in [5, 5.41) is 2.95. The lowest BCUT2D eigenvalue weighted by molar-refractivity contribution is -0.126. The first-order valence-corrected chi connectivity index (χ1v) is 10.6. The lowest BCUT2D eigenvalue weighted by Gasteiger charge is -2.28. The van der Waals surface area contributed by atoms with Crippen molar-refractivity contribution in [2.24, 2.45) is 0 Å². The van der Waals surface area contributed by atoms with Crippen LogP contribution in [0.2, 0.25) is 0 Å². The smallest absolute Gasteiger partial charge is 0.242 e. The fourth-order valence-corrected chi connectivity index (χ4v) is 5.30. The number of carbonyl (C=O) groups excluding carboxylic acids is 1. The number of sulfone groups is 1. The zero-order valence-electron chi connectivity index (χ0n) is 12.9. The molecule has 0 radical (unpaired) electrons. The zero-order chi connectivity index (χ0) is 16.4. The van der Waals surface area contributed by atoms with Gasteiger partial charge >= 0.3 is 0 Å². The Morgan fingerprint density at radius 1 is 1.22 bits per heavy atom. The van der Waals surface area contributed by atoms with Crippen LogP contribution in [0.25, 0.3) is 0 Å². The SMILES string of the molecule is O=C(N[C@@H]1CCS(=O)(=O)C1)[C@@H](c1ccc(Br)cc1)N1CCCC1. The molecule has 3 rings (SSSR count). The lowest BCUT2D eigenvalue weighted by atomic mass is 10.0. The van der Waals surface area contributed by atoms with Crippen molar-refractivity contribution in [2.75, 3.05) is 24.6 Å². The maximum Gasteiger partial charge on any atom is 0.242 e. The Hall–Kier alpha value is -0.920. The highest BCUT2D eigenvalue weighted by atomic mass is 79.9. The molecule has 0 unspecified atom stereocenters. The number of halogens is 1. The van der Waals surface area contributed by atoms with Gasteiger partial charge in [0.1, 0.15) is 6.04 Å². The van der Waals surface area contributed by atoms with Crippen LogP contribution in [0, 0.1) is 0 Å². The molecule has 1 amide bonds. The predicted octanol–water partition coefficient (Wildman–Crippen LogP) is 1.89.